The Morgan fingerprint density at radius 2 is 1.65 bits per heavy atom. The molecule has 96 valence electrons. The summed E-state index contributed by atoms with van der Waals surface area (Å²) < 4.78 is 0. The van der Waals surface area contributed by atoms with Crippen LogP contribution in [0.1, 0.15) is 5.56 Å². The van der Waals surface area contributed by atoms with Crippen molar-refractivity contribution < 1.29 is 0 Å². The molecule has 0 aliphatic carbocycles. The van der Waals surface area contributed by atoms with Crippen molar-refractivity contribution in [1.29, 1.82) is 0 Å². The Morgan fingerprint density at radius 1 is 0.850 bits per heavy atom. The van der Waals surface area contributed by atoms with Gasteiger partial charge in [0, 0.05) is 28.0 Å². The standard InChI is InChI=1S/C18H14N2/c1-12-6-8-13(9-7-12)14-10-16-15-4-2-3-5-17(15)20-18(16)19-11-14/h2-11H,1H3,(H,19,20). The molecule has 0 atom stereocenters. The molecule has 2 aromatic heterocycles. The Labute approximate surface area is 117 Å². The first-order valence-corrected chi connectivity index (χ1v) is 6.75. The number of aryl methyl sites for hydroxylation is 1. The van der Waals surface area contributed by atoms with Crippen LogP contribution in [0.5, 0.6) is 0 Å². The van der Waals surface area contributed by atoms with Crippen LogP contribution < -0.4 is 0 Å². The van der Waals surface area contributed by atoms with Gasteiger partial charge >= 0.3 is 0 Å². The molecule has 0 aliphatic heterocycles. The summed E-state index contributed by atoms with van der Waals surface area (Å²) >= 11 is 0. The van der Waals surface area contributed by atoms with E-state index in [2.05, 4.69) is 65.4 Å². The van der Waals surface area contributed by atoms with Gasteiger partial charge in [-0.15, -0.1) is 0 Å². The summed E-state index contributed by atoms with van der Waals surface area (Å²) in [7, 11) is 0. The maximum atomic E-state index is 4.56. The fourth-order valence-electron chi connectivity index (χ4n) is 2.63. The van der Waals surface area contributed by atoms with Gasteiger partial charge in [-0.3, -0.25) is 0 Å². The molecule has 0 radical (unpaired) electrons. The third-order valence-electron chi connectivity index (χ3n) is 3.74. The molecule has 0 saturated heterocycles. The lowest BCUT2D eigenvalue weighted by Crippen LogP contribution is -1.82. The fourth-order valence-corrected chi connectivity index (χ4v) is 2.63. The fraction of sp³-hybridized carbons (Fsp3) is 0.0556. The van der Waals surface area contributed by atoms with Crippen LogP contribution >= 0.6 is 0 Å². The molecule has 2 heteroatoms. The van der Waals surface area contributed by atoms with Crippen LogP contribution in [0.2, 0.25) is 0 Å². The van der Waals surface area contributed by atoms with E-state index in [9.17, 15) is 0 Å². The van der Waals surface area contributed by atoms with E-state index in [0.717, 1.165) is 16.7 Å². The van der Waals surface area contributed by atoms with Gasteiger partial charge in [-0.1, -0.05) is 48.0 Å². The number of H-pyrrole nitrogens is 1. The van der Waals surface area contributed by atoms with Gasteiger partial charge in [0.15, 0.2) is 0 Å². The van der Waals surface area contributed by atoms with E-state index in [1.807, 2.05) is 12.3 Å². The van der Waals surface area contributed by atoms with E-state index in [-0.39, 0.29) is 0 Å². The SMILES string of the molecule is Cc1ccc(-c2cnc3[nH]c4ccccc4c3c2)cc1. The lowest BCUT2D eigenvalue weighted by atomic mass is 10.0. The van der Waals surface area contributed by atoms with Gasteiger partial charge in [0.25, 0.3) is 0 Å². The lowest BCUT2D eigenvalue weighted by Gasteiger charge is -2.02. The maximum Gasteiger partial charge on any atom is 0.138 e. The van der Waals surface area contributed by atoms with Crippen LogP contribution in [0.4, 0.5) is 0 Å². The number of fused-ring (bicyclic) bond motifs is 3. The molecule has 0 aliphatic rings. The van der Waals surface area contributed by atoms with E-state index in [4.69, 9.17) is 0 Å². The van der Waals surface area contributed by atoms with Crippen LogP contribution in [0.3, 0.4) is 0 Å². The summed E-state index contributed by atoms with van der Waals surface area (Å²) in [4.78, 5) is 7.92. The number of hydrogen-bond acceptors (Lipinski definition) is 1. The average molecular weight is 258 g/mol. The zero-order valence-electron chi connectivity index (χ0n) is 11.2. The van der Waals surface area contributed by atoms with E-state index < -0.39 is 0 Å². The average Bonchev–Trinajstić information content (AvgIpc) is 2.86. The summed E-state index contributed by atoms with van der Waals surface area (Å²) in [5, 5.41) is 2.41. The van der Waals surface area contributed by atoms with Gasteiger partial charge in [0.2, 0.25) is 0 Å². The molecule has 0 unspecified atom stereocenters. The first-order valence-electron chi connectivity index (χ1n) is 6.75. The first kappa shape index (κ1) is 11.2. The number of aromatic amines is 1. The monoisotopic (exact) mass is 258 g/mol. The van der Waals surface area contributed by atoms with E-state index in [1.54, 1.807) is 0 Å². The van der Waals surface area contributed by atoms with Gasteiger partial charge < -0.3 is 4.98 Å². The minimum absolute atomic E-state index is 0.946. The molecule has 20 heavy (non-hydrogen) atoms. The molecule has 4 aromatic rings. The lowest BCUT2D eigenvalue weighted by molar-refractivity contribution is 1.34. The molecule has 2 aromatic carbocycles. The zero-order chi connectivity index (χ0) is 13.5. The molecule has 0 spiro atoms. The van der Waals surface area contributed by atoms with Crippen molar-refractivity contribution in [3.8, 4) is 11.1 Å². The Morgan fingerprint density at radius 3 is 2.50 bits per heavy atom. The topological polar surface area (TPSA) is 28.7 Å². The number of pyridine rings is 1. The van der Waals surface area contributed by atoms with Gasteiger partial charge in [0.1, 0.15) is 5.65 Å². The van der Waals surface area contributed by atoms with Crippen molar-refractivity contribution in [2.45, 2.75) is 6.92 Å². The summed E-state index contributed by atoms with van der Waals surface area (Å²) in [6, 6.07) is 19.1. The van der Waals surface area contributed by atoms with Crippen molar-refractivity contribution in [3.63, 3.8) is 0 Å². The Bertz CT molecular complexity index is 902. The molecular weight excluding hydrogens is 244 g/mol. The molecule has 0 amide bonds. The molecule has 1 N–H and O–H groups in total. The van der Waals surface area contributed by atoms with E-state index in [1.165, 1.54) is 21.9 Å². The Hall–Kier alpha value is -2.61. The molecule has 0 saturated carbocycles. The predicted molar refractivity (Wildman–Crippen MR) is 83.8 cm³/mol. The van der Waals surface area contributed by atoms with Crippen molar-refractivity contribution >= 4 is 21.9 Å². The zero-order valence-corrected chi connectivity index (χ0v) is 11.2. The molecule has 2 heterocycles. The number of hydrogen-bond donors (Lipinski definition) is 1. The van der Waals surface area contributed by atoms with Crippen LogP contribution in [-0.4, -0.2) is 9.97 Å². The minimum atomic E-state index is 0.946. The highest BCUT2D eigenvalue weighted by molar-refractivity contribution is 6.06. The Kier molecular flexibility index (Phi) is 2.36. The number of rotatable bonds is 1. The van der Waals surface area contributed by atoms with Crippen LogP contribution in [-0.2, 0) is 0 Å². The highest BCUT2D eigenvalue weighted by Gasteiger charge is 2.06. The highest BCUT2D eigenvalue weighted by atomic mass is 14.8. The highest BCUT2D eigenvalue weighted by Crippen LogP contribution is 2.28. The minimum Gasteiger partial charge on any atom is -0.339 e. The Balaban J connectivity index is 1.97. The van der Waals surface area contributed by atoms with Gasteiger partial charge in [-0.2, -0.15) is 0 Å². The summed E-state index contributed by atoms with van der Waals surface area (Å²) in [6.07, 6.45) is 1.93. The number of benzene rings is 2. The van der Waals surface area contributed by atoms with Crippen LogP contribution in [0, 0.1) is 6.92 Å². The molecular formula is C18H14N2. The van der Waals surface area contributed by atoms with E-state index in [0.29, 0.717) is 0 Å². The molecule has 0 fully saturated rings. The quantitative estimate of drug-likeness (QED) is 0.527. The van der Waals surface area contributed by atoms with E-state index >= 15 is 0 Å². The van der Waals surface area contributed by atoms with Crippen molar-refractivity contribution in [2.24, 2.45) is 0 Å². The molecule has 0 bridgehead atoms. The van der Waals surface area contributed by atoms with Crippen molar-refractivity contribution in [1.82, 2.24) is 9.97 Å². The van der Waals surface area contributed by atoms with Gasteiger partial charge in [0.05, 0.1) is 0 Å². The second kappa shape index (κ2) is 4.20. The normalized spacial score (nSPS) is 11.2. The number of nitrogens with one attached hydrogen (secondary N) is 1. The van der Waals surface area contributed by atoms with Gasteiger partial charge in [-0.05, 0) is 24.6 Å². The van der Waals surface area contributed by atoms with Crippen LogP contribution in [0.25, 0.3) is 33.1 Å². The predicted octanol–water partition coefficient (Wildman–Crippen LogP) is 4.69. The number of para-hydroxylation sites is 1. The van der Waals surface area contributed by atoms with Crippen LogP contribution in [0.15, 0.2) is 60.8 Å². The third kappa shape index (κ3) is 1.69. The van der Waals surface area contributed by atoms with Crippen molar-refractivity contribution in [2.75, 3.05) is 0 Å². The summed E-state index contributed by atoms with van der Waals surface area (Å²) in [6.45, 7) is 2.10. The number of nitrogens with zero attached hydrogens (tertiary/aromatic N) is 1. The summed E-state index contributed by atoms with van der Waals surface area (Å²) in [5.74, 6) is 0. The third-order valence-corrected chi connectivity index (χ3v) is 3.74. The molecule has 2 nitrogen and oxygen atoms in total. The number of aromatic nitrogens is 2. The summed E-state index contributed by atoms with van der Waals surface area (Å²) in [5.41, 5.74) is 5.71. The largest absolute Gasteiger partial charge is 0.339 e. The second-order valence-corrected chi connectivity index (χ2v) is 5.16. The smallest absolute Gasteiger partial charge is 0.138 e. The van der Waals surface area contributed by atoms with Crippen molar-refractivity contribution in [3.05, 3.63) is 66.4 Å². The second-order valence-electron chi connectivity index (χ2n) is 5.16. The molecule has 4 rings (SSSR count). The first-order chi connectivity index (χ1) is 9.81. The maximum absolute atomic E-state index is 4.56. The van der Waals surface area contributed by atoms with Gasteiger partial charge in [-0.25, -0.2) is 4.98 Å².